The number of nitrogens with zero attached hydrogens (tertiary/aromatic N) is 1. The number of thiophene rings is 2. The minimum atomic E-state index is 0.873. The van der Waals surface area contributed by atoms with Crippen LogP contribution in [0.25, 0.3) is 84.5 Å². The topological polar surface area (TPSA) is 16.4 Å². The number of benzene rings is 8. The summed E-state index contributed by atoms with van der Waals surface area (Å²) in [4.78, 5) is 2.41. The monoisotopic (exact) mass is 699 g/mol. The molecule has 244 valence electrons. The van der Waals surface area contributed by atoms with Gasteiger partial charge >= 0.3 is 0 Å². The molecular weight excluding hydrogens is 671 g/mol. The molecule has 0 aliphatic rings. The van der Waals surface area contributed by atoms with E-state index in [0.717, 1.165) is 50.1 Å². The number of hydrogen-bond acceptors (Lipinski definition) is 4. The lowest BCUT2D eigenvalue weighted by atomic mass is 10.0. The lowest BCUT2D eigenvalue weighted by molar-refractivity contribution is 0.670. The highest BCUT2D eigenvalue weighted by molar-refractivity contribution is 7.30. The molecule has 0 fully saturated rings. The van der Waals surface area contributed by atoms with E-state index in [4.69, 9.17) is 4.42 Å². The zero-order valence-corrected chi connectivity index (χ0v) is 29.5. The van der Waals surface area contributed by atoms with Gasteiger partial charge in [0.15, 0.2) is 5.58 Å². The summed E-state index contributed by atoms with van der Waals surface area (Å²) in [5, 5.41) is 7.47. The summed E-state index contributed by atoms with van der Waals surface area (Å²) in [7, 11) is 0. The van der Waals surface area contributed by atoms with Crippen molar-refractivity contribution in [2.75, 3.05) is 4.90 Å². The Morgan fingerprint density at radius 1 is 0.365 bits per heavy atom. The van der Waals surface area contributed by atoms with E-state index in [9.17, 15) is 0 Å². The number of anilines is 3. The summed E-state index contributed by atoms with van der Waals surface area (Å²) in [6, 6.07) is 63.3. The van der Waals surface area contributed by atoms with Gasteiger partial charge in [0.2, 0.25) is 0 Å². The summed E-state index contributed by atoms with van der Waals surface area (Å²) in [6.07, 6.45) is 0. The lowest BCUT2D eigenvalue weighted by Crippen LogP contribution is -2.10. The van der Waals surface area contributed by atoms with Crippen LogP contribution in [0, 0.1) is 0 Å². The number of furan rings is 1. The summed E-state index contributed by atoms with van der Waals surface area (Å²) in [6.45, 7) is 0. The first-order valence-corrected chi connectivity index (χ1v) is 19.1. The molecule has 52 heavy (non-hydrogen) atoms. The molecule has 0 spiro atoms. The van der Waals surface area contributed by atoms with E-state index in [1.807, 2.05) is 22.7 Å². The molecule has 0 bridgehead atoms. The fourth-order valence-electron chi connectivity index (χ4n) is 7.89. The molecule has 11 rings (SSSR count). The van der Waals surface area contributed by atoms with Gasteiger partial charge in [-0.3, -0.25) is 0 Å². The molecule has 0 atom stereocenters. The fraction of sp³-hybridized carbons (Fsp3) is 0. The second-order valence-corrected chi connectivity index (χ2v) is 15.3. The zero-order chi connectivity index (χ0) is 34.2. The molecule has 8 aromatic carbocycles. The van der Waals surface area contributed by atoms with Gasteiger partial charge in [-0.25, -0.2) is 0 Å². The molecule has 0 amide bonds. The van der Waals surface area contributed by atoms with Crippen LogP contribution in [0.1, 0.15) is 0 Å². The normalized spacial score (nSPS) is 11.8. The van der Waals surface area contributed by atoms with Gasteiger partial charge in [0, 0.05) is 57.7 Å². The molecule has 0 aliphatic heterocycles. The number of para-hydroxylation sites is 2. The average Bonchev–Trinajstić information content (AvgIpc) is 3.91. The van der Waals surface area contributed by atoms with Crippen LogP contribution in [0.3, 0.4) is 0 Å². The van der Waals surface area contributed by atoms with Gasteiger partial charge in [0.25, 0.3) is 0 Å². The zero-order valence-electron chi connectivity index (χ0n) is 27.9. The van der Waals surface area contributed by atoms with E-state index in [1.54, 1.807) is 0 Å². The third-order valence-electron chi connectivity index (χ3n) is 10.3. The molecule has 3 heterocycles. The van der Waals surface area contributed by atoms with Crippen LogP contribution in [0.4, 0.5) is 17.1 Å². The van der Waals surface area contributed by atoms with Gasteiger partial charge in [0.05, 0.1) is 16.1 Å². The quantitative estimate of drug-likeness (QED) is 0.178. The van der Waals surface area contributed by atoms with Crippen molar-refractivity contribution in [3.8, 4) is 22.3 Å². The van der Waals surface area contributed by atoms with Crippen molar-refractivity contribution in [3.63, 3.8) is 0 Å². The summed E-state index contributed by atoms with van der Waals surface area (Å²) >= 11 is 3.78. The molecule has 3 aromatic heterocycles. The molecular formula is C48H29NOS2. The fourth-order valence-corrected chi connectivity index (χ4v) is 10.4. The highest BCUT2D eigenvalue weighted by Crippen LogP contribution is 2.50. The number of rotatable bonds is 5. The maximum atomic E-state index is 7.02. The van der Waals surface area contributed by atoms with Gasteiger partial charge in [-0.2, -0.15) is 0 Å². The van der Waals surface area contributed by atoms with Crippen LogP contribution >= 0.6 is 22.7 Å². The Bertz CT molecular complexity index is 3120. The Morgan fingerprint density at radius 2 is 0.981 bits per heavy atom. The predicted octanol–water partition coefficient (Wildman–Crippen LogP) is 15.1. The van der Waals surface area contributed by atoms with Gasteiger partial charge in [-0.1, -0.05) is 140 Å². The Kier molecular flexibility index (Phi) is 6.63. The van der Waals surface area contributed by atoms with E-state index in [2.05, 4.69) is 181 Å². The van der Waals surface area contributed by atoms with Crippen molar-refractivity contribution < 1.29 is 4.42 Å². The number of hydrogen-bond donors (Lipinski definition) is 0. The van der Waals surface area contributed by atoms with E-state index in [0.29, 0.717) is 0 Å². The standard InChI is InChI=1S/C48H29NOS2/c1-3-12-30(13-4-1)31-24-26-33(27-25-31)49(40-21-10-19-36-35-18-9-17-34(45(35)50-46(36)40)32-14-5-2-6-15-32)41-22-11-20-37-38-28-29-43-44(48(38)52-47(37)41)39-16-7-8-23-42(39)51-43/h1-29H. The van der Waals surface area contributed by atoms with Crippen molar-refractivity contribution >= 4 is 102 Å². The van der Waals surface area contributed by atoms with E-state index >= 15 is 0 Å². The SMILES string of the molecule is c1ccc(-c2ccc(N(c3cccc4c3oc3c(-c5ccccc5)cccc34)c3cccc4c3sc3c4ccc4sc5ccccc5c43)cc2)cc1. The highest BCUT2D eigenvalue weighted by Gasteiger charge is 2.24. The predicted molar refractivity (Wildman–Crippen MR) is 225 cm³/mol. The molecule has 0 aliphatic carbocycles. The molecule has 0 saturated heterocycles. The first-order chi connectivity index (χ1) is 25.8. The summed E-state index contributed by atoms with van der Waals surface area (Å²) in [5.41, 5.74) is 9.62. The first-order valence-electron chi connectivity index (χ1n) is 17.5. The second-order valence-electron chi connectivity index (χ2n) is 13.2. The molecule has 0 saturated carbocycles. The van der Waals surface area contributed by atoms with E-state index in [-0.39, 0.29) is 0 Å². The van der Waals surface area contributed by atoms with Crippen LogP contribution in [0.2, 0.25) is 0 Å². The maximum Gasteiger partial charge on any atom is 0.159 e. The smallest absolute Gasteiger partial charge is 0.159 e. The van der Waals surface area contributed by atoms with Crippen molar-refractivity contribution in [2.24, 2.45) is 0 Å². The van der Waals surface area contributed by atoms with Crippen molar-refractivity contribution in [1.29, 1.82) is 0 Å². The summed E-state index contributed by atoms with van der Waals surface area (Å²) < 4.78 is 12.3. The van der Waals surface area contributed by atoms with Crippen LogP contribution in [0.5, 0.6) is 0 Å². The minimum Gasteiger partial charge on any atom is -0.453 e. The molecule has 0 radical (unpaired) electrons. The van der Waals surface area contributed by atoms with Gasteiger partial charge in [-0.05, 0) is 53.1 Å². The molecule has 4 heteroatoms. The molecule has 11 aromatic rings. The summed E-state index contributed by atoms with van der Waals surface area (Å²) in [5.74, 6) is 0. The lowest BCUT2D eigenvalue weighted by Gasteiger charge is -2.26. The third-order valence-corrected chi connectivity index (χ3v) is 12.7. The molecule has 0 N–H and O–H groups in total. The van der Waals surface area contributed by atoms with Crippen molar-refractivity contribution in [3.05, 3.63) is 176 Å². The van der Waals surface area contributed by atoms with Crippen LogP contribution < -0.4 is 4.90 Å². The maximum absolute atomic E-state index is 7.02. The Labute approximate surface area is 308 Å². The van der Waals surface area contributed by atoms with E-state index in [1.165, 1.54) is 51.5 Å². The minimum absolute atomic E-state index is 0.873. The van der Waals surface area contributed by atoms with Gasteiger partial charge < -0.3 is 9.32 Å². The van der Waals surface area contributed by atoms with Crippen molar-refractivity contribution in [1.82, 2.24) is 0 Å². The van der Waals surface area contributed by atoms with Crippen LogP contribution in [0.15, 0.2) is 180 Å². The Hall–Kier alpha value is -6.20. The first kappa shape index (κ1) is 29.5. The van der Waals surface area contributed by atoms with Gasteiger partial charge in [-0.15, -0.1) is 22.7 Å². The number of fused-ring (bicyclic) bond motifs is 10. The van der Waals surface area contributed by atoms with E-state index < -0.39 is 0 Å². The Balaban J connectivity index is 1.19. The Morgan fingerprint density at radius 3 is 1.79 bits per heavy atom. The second kappa shape index (κ2) is 11.7. The van der Waals surface area contributed by atoms with Gasteiger partial charge in [0.1, 0.15) is 5.58 Å². The van der Waals surface area contributed by atoms with Crippen molar-refractivity contribution in [2.45, 2.75) is 0 Å². The molecule has 2 nitrogen and oxygen atoms in total. The highest BCUT2D eigenvalue weighted by atomic mass is 32.1. The largest absolute Gasteiger partial charge is 0.453 e. The molecule has 0 unspecified atom stereocenters. The third kappa shape index (κ3) is 4.48. The van der Waals surface area contributed by atoms with Crippen LogP contribution in [-0.4, -0.2) is 0 Å². The van der Waals surface area contributed by atoms with Crippen LogP contribution in [-0.2, 0) is 0 Å². The average molecular weight is 700 g/mol.